The van der Waals surface area contributed by atoms with Crippen molar-refractivity contribution in [1.82, 2.24) is 4.90 Å². The van der Waals surface area contributed by atoms with Gasteiger partial charge in [0.2, 0.25) is 5.79 Å². The summed E-state index contributed by atoms with van der Waals surface area (Å²) in [5, 5.41) is 45.3. The van der Waals surface area contributed by atoms with Crippen LogP contribution in [0, 0.1) is 27.9 Å². The molecule has 2 aliphatic carbocycles. The molecule has 0 saturated heterocycles. The Morgan fingerprint density at radius 2 is 1.69 bits per heavy atom. The first-order valence-electron chi connectivity index (χ1n) is 21.1. The van der Waals surface area contributed by atoms with E-state index in [9.17, 15) is 30.2 Å². The van der Waals surface area contributed by atoms with Gasteiger partial charge in [-0.2, -0.15) is 0 Å². The molecule has 1 aliphatic heterocycles. The molecule has 0 spiro atoms. The van der Waals surface area contributed by atoms with Crippen molar-refractivity contribution >= 4 is 29.3 Å². The van der Waals surface area contributed by atoms with E-state index in [2.05, 4.69) is 17.8 Å². The number of oxime groups is 1. The number of carbonyl (C=O) groups is 1. The van der Waals surface area contributed by atoms with Gasteiger partial charge in [-0.15, -0.1) is 18.3 Å². The highest BCUT2D eigenvalue weighted by Crippen LogP contribution is 2.62. The first kappa shape index (κ1) is 46.5. The summed E-state index contributed by atoms with van der Waals surface area (Å²) in [4.78, 5) is 33.6. The van der Waals surface area contributed by atoms with Crippen molar-refractivity contribution in [3.8, 4) is 23.0 Å². The van der Waals surface area contributed by atoms with Gasteiger partial charge in [0.25, 0.3) is 5.69 Å². The summed E-state index contributed by atoms with van der Waals surface area (Å²) >= 11 is 1.64. The zero-order valence-corrected chi connectivity index (χ0v) is 36.1. The monoisotopic (exact) mass is 875 g/mol. The summed E-state index contributed by atoms with van der Waals surface area (Å²) in [5.41, 5.74) is 2.17. The van der Waals surface area contributed by atoms with Crippen LogP contribution in [-0.4, -0.2) is 108 Å². The van der Waals surface area contributed by atoms with Crippen LogP contribution in [0.15, 0.2) is 101 Å². The molecule has 3 N–H and O–H groups in total. The summed E-state index contributed by atoms with van der Waals surface area (Å²) in [6.45, 7) is 3.95. The fourth-order valence-corrected chi connectivity index (χ4v) is 9.51. The van der Waals surface area contributed by atoms with Gasteiger partial charge in [-0.3, -0.25) is 15.0 Å². The predicted octanol–water partition coefficient (Wildman–Crippen LogP) is 7.88. The number of rotatable bonds is 23. The summed E-state index contributed by atoms with van der Waals surface area (Å²) < 4.78 is 32.4. The van der Waals surface area contributed by atoms with E-state index in [0.29, 0.717) is 35.8 Å². The minimum atomic E-state index is -1.57. The molecule has 334 valence electrons. The van der Waals surface area contributed by atoms with Gasteiger partial charge >= 0.3 is 6.09 Å². The third kappa shape index (κ3) is 10.6. The maximum absolute atomic E-state index is 14.6. The van der Waals surface area contributed by atoms with Crippen LogP contribution in [-0.2, 0) is 14.3 Å². The Kier molecular flexibility index (Phi) is 16.8. The Morgan fingerprint density at radius 3 is 2.35 bits per heavy atom. The van der Waals surface area contributed by atoms with E-state index in [4.69, 9.17) is 28.5 Å². The number of thioether (sulfide) groups is 1. The maximum atomic E-state index is 14.6. The van der Waals surface area contributed by atoms with E-state index in [1.165, 1.54) is 36.3 Å². The first-order valence-corrected chi connectivity index (χ1v) is 22.3. The number of nitrogens with zero attached hydrogens (tertiary/aromatic N) is 3. The minimum absolute atomic E-state index is 0.0173. The first-order chi connectivity index (χ1) is 30.2. The van der Waals surface area contributed by atoms with E-state index < -0.39 is 28.8 Å². The van der Waals surface area contributed by atoms with Gasteiger partial charge in [-0.25, -0.2) is 4.79 Å². The van der Waals surface area contributed by atoms with Crippen molar-refractivity contribution < 1.29 is 53.6 Å². The van der Waals surface area contributed by atoms with Crippen LogP contribution in [0.4, 0.5) is 10.5 Å². The predicted molar refractivity (Wildman–Crippen MR) is 234 cm³/mol. The molecule has 16 heteroatoms. The van der Waals surface area contributed by atoms with E-state index >= 15 is 0 Å². The summed E-state index contributed by atoms with van der Waals surface area (Å²) in [6, 6.07) is 17.9. The van der Waals surface area contributed by atoms with Crippen molar-refractivity contribution in [3.05, 3.63) is 107 Å². The molecule has 0 radical (unpaired) electrons. The fraction of sp³-hybridized carbons (Fsp3) is 0.478. The molecule has 15 nitrogen and oxygen atoms in total. The fourth-order valence-electron chi connectivity index (χ4n) is 9.10. The highest BCUT2D eigenvalue weighted by molar-refractivity contribution is 7.98. The molecule has 0 unspecified atom stereocenters. The molecule has 1 fully saturated rings. The SMILES string of the molecule is C=CCO[C@@]12Oc3ccc(Oc4ccc(SC)cc4)cc3[C@H]3[C@H](CCCCO)[C@@H](CCCCO)C=C(C(=NOC)C[C@@H]1N(CCOCCO)C(=O)Oc1ccc([N+](=O)[O-])cc1)[C@H]32. The highest BCUT2D eigenvalue weighted by Gasteiger charge is 2.65. The van der Waals surface area contributed by atoms with Gasteiger partial charge in [0.05, 0.1) is 43.0 Å². The molecule has 3 aliphatic rings. The number of aliphatic hydroxyl groups is 3. The Hall–Kier alpha value is -4.97. The molecular formula is C46H57N3O12S. The number of hydrogen-bond donors (Lipinski definition) is 3. The van der Waals surface area contributed by atoms with Gasteiger partial charge in [0, 0.05) is 54.7 Å². The second-order valence-corrected chi connectivity index (χ2v) is 16.3. The number of carbonyl (C=O) groups excluding carboxylic acids is 1. The molecule has 6 rings (SSSR count). The molecule has 0 aromatic heterocycles. The topological polar surface area (TPSA) is 192 Å². The number of unbranched alkanes of at least 4 members (excludes halogenated alkanes) is 2. The zero-order chi connectivity index (χ0) is 44.1. The van der Waals surface area contributed by atoms with Crippen molar-refractivity contribution in [2.24, 2.45) is 22.9 Å². The molecule has 62 heavy (non-hydrogen) atoms. The third-order valence-electron chi connectivity index (χ3n) is 11.7. The molecule has 1 heterocycles. The smallest absolute Gasteiger partial charge is 0.415 e. The van der Waals surface area contributed by atoms with Gasteiger partial charge < -0.3 is 43.8 Å². The van der Waals surface area contributed by atoms with Gasteiger partial charge in [-0.1, -0.05) is 30.1 Å². The number of allylic oxidation sites excluding steroid dienone is 1. The van der Waals surface area contributed by atoms with Gasteiger partial charge in [0.15, 0.2) is 0 Å². The summed E-state index contributed by atoms with van der Waals surface area (Å²) in [5.74, 6) is -0.540. The lowest BCUT2D eigenvalue weighted by atomic mass is 9.55. The van der Waals surface area contributed by atoms with Crippen LogP contribution in [0.5, 0.6) is 23.0 Å². The molecule has 6 atom stereocenters. The molecule has 3 aromatic carbocycles. The number of amides is 1. The Balaban J connectivity index is 1.54. The van der Waals surface area contributed by atoms with Crippen molar-refractivity contribution in [3.63, 3.8) is 0 Å². The molecular weight excluding hydrogens is 819 g/mol. The Bertz CT molecular complexity index is 2030. The average molecular weight is 876 g/mol. The number of nitro benzene ring substituents is 1. The Morgan fingerprint density at radius 1 is 0.984 bits per heavy atom. The van der Waals surface area contributed by atoms with Gasteiger partial charge in [-0.05, 0) is 104 Å². The van der Waals surface area contributed by atoms with E-state index in [0.717, 1.165) is 41.7 Å². The summed E-state index contributed by atoms with van der Waals surface area (Å²) in [6.07, 6.45) is 9.52. The van der Waals surface area contributed by atoms with Crippen LogP contribution in [0.3, 0.4) is 0 Å². The Labute approximate surface area is 366 Å². The number of benzene rings is 3. The molecule has 1 amide bonds. The van der Waals surface area contributed by atoms with E-state index in [1.807, 2.05) is 48.7 Å². The van der Waals surface area contributed by atoms with Crippen LogP contribution < -0.4 is 14.2 Å². The average Bonchev–Trinajstić information content (AvgIpc) is 3.28. The lowest BCUT2D eigenvalue weighted by molar-refractivity contribution is -0.384. The second-order valence-electron chi connectivity index (χ2n) is 15.4. The number of non-ortho nitro benzene ring substituents is 1. The zero-order valence-electron chi connectivity index (χ0n) is 35.3. The number of nitro groups is 1. The number of ether oxygens (including phenoxy) is 5. The van der Waals surface area contributed by atoms with Crippen LogP contribution >= 0.6 is 11.8 Å². The van der Waals surface area contributed by atoms with Gasteiger partial charge in [0.1, 0.15) is 36.1 Å². The van der Waals surface area contributed by atoms with E-state index in [1.54, 1.807) is 17.8 Å². The molecule has 3 aromatic rings. The lowest BCUT2D eigenvalue weighted by Gasteiger charge is -2.59. The lowest BCUT2D eigenvalue weighted by Crippen LogP contribution is -2.70. The third-order valence-corrected chi connectivity index (χ3v) is 12.5. The van der Waals surface area contributed by atoms with Crippen LogP contribution in [0.2, 0.25) is 0 Å². The maximum Gasteiger partial charge on any atom is 0.415 e. The number of aliphatic hydroxyl groups excluding tert-OH is 3. The van der Waals surface area contributed by atoms with Crippen LogP contribution in [0.1, 0.15) is 56.4 Å². The minimum Gasteiger partial charge on any atom is -0.459 e. The van der Waals surface area contributed by atoms with Crippen molar-refractivity contribution in [2.75, 3.05) is 59.6 Å². The van der Waals surface area contributed by atoms with Crippen molar-refractivity contribution in [1.29, 1.82) is 0 Å². The quantitative estimate of drug-likeness (QED) is 0.0274. The van der Waals surface area contributed by atoms with Crippen molar-refractivity contribution in [2.45, 2.75) is 67.6 Å². The second kappa shape index (κ2) is 22.4. The van der Waals surface area contributed by atoms with Crippen LogP contribution in [0.25, 0.3) is 0 Å². The summed E-state index contributed by atoms with van der Waals surface area (Å²) in [7, 11) is 1.47. The molecule has 0 bridgehead atoms. The largest absolute Gasteiger partial charge is 0.459 e. The standard InChI is InChI=1S/C46H57N3O12S/c1-4-25-58-46-42(48(21-26-57-27-24-52)45(53)60-34-13-11-32(12-14-34)49(54)55)30-40(47-56-2)38-28-31(9-5-7-22-50)37(10-6-8-23-51)43(44(38)46)39-29-35(17-20-41(39)61-46)59-33-15-18-36(62-3)19-16-33/h4,11-20,28-29,31,37,42-44,50-52H,1,5-10,21-27,30H2,2-3H3/t31-,37+,42-,43+,44+,46+/m0/s1. The molecule has 1 saturated carbocycles. The normalized spacial score (nSPS) is 23.0. The van der Waals surface area contributed by atoms with E-state index in [-0.39, 0.29) is 81.8 Å². The number of fused-ring (bicyclic) bond motifs is 2. The highest BCUT2D eigenvalue weighted by atomic mass is 32.2. The number of hydrogen-bond acceptors (Lipinski definition) is 14.